The molecule has 0 N–H and O–H groups in total. The van der Waals surface area contributed by atoms with Crippen molar-refractivity contribution in [3.8, 4) is 0 Å². The standard InChI is InChI=1S/C20H24FN5O2/c21-17-3-1-16(2-4-17)13-20(27)26-7-5-25(6-8-26)19-14-18(15-22-23-19)24-9-11-28-12-10-24/h1-4,14-15H,5-13H2. The summed E-state index contributed by atoms with van der Waals surface area (Å²) in [7, 11) is 0. The normalized spacial score (nSPS) is 17.7. The Balaban J connectivity index is 1.33. The molecule has 1 amide bonds. The molecule has 2 fully saturated rings. The van der Waals surface area contributed by atoms with E-state index >= 15 is 0 Å². The third-order valence-electron chi connectivity index (χ3n) is 5.23. The number of hydrogen-bond acceptors (Lipinski definition) is 6. The van der Waals surface area contributed by atoms with E-state index in [1.54, 1.807) is 18.3 Å². The molecule has 2 aliphatic heterocycles. The van der Waals surface area contributed by atoms with E-state index in [0.29, 0.717) is 19.5 Å². The minimum absolute atomic E-state index is 0.0689. The molecule has 0 unspecified atom stereocenters. The Morgan fingerprint density at radius 1 is 1.00 bits per heavy atom. The topological polar surface area (TPSA) is 61.8 Å². The summed E-state index contributed by atoms with van der Waals surface area (Å²) in [6.07, 6.45) is 2.09. The van der Waals surface area contributed by atoms with E-state index in [0.717, 1.165) is 56.5 Å². The summed E-state index contributed by atoms with van der Waals surface area (Å²) in [6, 6.07) is 8.17. The largest absolute Gasteiger partial charge is 0.378 e. The molecule has 148 valence electrons. The lowest BCUT2D eigenvalue weighted by Gasteiger charge is -2.36. The number of rotatable bonds is 4. The van der Waals surface area contributed by atoms with Crippen molar-refractivity contribution in [2.24, 2.45) is 0 Å². The van der Waals surface area contributed by atoms with E-state index in [1.165, 1.54) is 12.1 Å². The number of carbonyl (C=O) groups excluding carboxylic acids is 1. The Morgan fingerprint density at radius 2 is 1.71 bits per heavy atom. The van der Waals surface area contributed by atoms with E-state index in [-0.39, 0.29) is 11.7 Å². The second kappa shape index (κ2) is 8.52. The summed E-state index contributed by atoms with van der Waals surface area (Å²) in [5.74, 6) is 0.624. The molecule has 4 rings (SSSR count). The van der Waals surface area contributed by atoms with E-state index in [1.807, 2.05) is 4.90 Å². The van der Waals surface area contributed by atoms with Crippen LogP contribution in [0.15, 0.2) is 36.5 Å². The van der Waals surface area contributed by atoms with Gasteiger partial charge in [-0.1, -0.05) is 12.1 Å². The molecule has 0 aliphatic carbocycles. The lowest BCUT2D eigenvalue weighted by molar-refractivity contribution is -0.130. The number of carbonyl (C=O) groups is 1. The van der Waals surface area contributed by atoms with Crippen LogP contribution in [-0.2, 0) is 16.0 Å². The van der Waals surface area contributed by atoms with Gasteiger partial charge >= 0.3 is 0 Å². The maximum Gasteiger partial charge on any atom is 0.227 e. The molecule has 0 radical (unpaired) electrons. The summed E-state index contributed by atoms with van der Waals surface area (Å²) in [5.41, 5.74) is 1.89. The summed E-state index contributed by atoms with van der Waals surface area (Å²) >= 11 is 0. The van der Waals surface area contributed by atoms with Crippen molar-refractivity contribution in [2.75, 3.05) is 62.3 Å². The van der Waals surface area contributed by atoms with Crippen molar-refractivity contribution in [1.29, 1.82) is 0 Å². The molecule has 2 saturated heterocycles. The van der Waals surface area contributed by atoms with Crippen LogP contribution in [0.25, 0.3) is 0 Å². The second-order valence-electron chi connectivity index (χ2n) is 7.04. The van der Waals surface area contributed by atoms with Gasteiger partial charge in [0.25, 0.3) is 0 Å². The molecular weight excluding hydrogens is 361 g/mol. The number of hydrogen-bond donors (Lipinski definition) is 0. The third-order valence-corrected chi connectivity index (χ3v) is 5.23. The maximum atomic E-state index is 13.0. The van der Waals surface area contributed by atoms with Gasteiger partial charge in [0.1, 0.15) is 5.82 Å². The first-order valence-electron chi connectivity index (χ1n) is 9.61. The van der Waals surface area contributed by atoms with Crippen molar-refractivity contribution < 1.29 is 13.9 Å². The summed E-state index contributed by atoms with van der Waals surface area (Å²) in [5, 5.41) is 8.45. The van der Waals surface area contributed by atoms with Crippen molar-refractivity contribution in [3.63, 3.8) is 0 Å². The fourth-order valence-corrected chi connectivity index (χ4v) is 3.57. The predicted octanol–water partition coefficient (Wildman–Crippen LogP) is 1.34. The average molecular weight is 385 g/mol. The number of anilines is 2. The number of ether oxygens (including phenoxy) is 1. The van der Waals surface area contributed by atoms with Gasteiger partial charge in [0, 0.05) is 45.3 Å². The minimum Gasteiger partial charge on any atom is -0.378 e. The SMILES string of the molecule is O=C(Cc1ccc(F)cc1)N1CCN(c2cc(N3CCOCC3)cnn2)CC1. The molecule has 28 heavy (non-hydrogen) atoms. The highest BCUT2D eigenvalue weighted by atomic mass is 19.1. The fourth-order valence-electron chi connectivity index (χ4n) is 3.57. The van der Waals surface area contributed by atoms with E-state index in [4.69, 9.17) is 4.74 Å². The van der Waals surface area contributed by atoms with Crippen LogP contribution >= 0.6 is 0 Å². The lowest BCUT2D eigenvalue weighted by Crippen LogP contribution is -2.49. The van der Waals surface area contributed by atoms with Gasteiger partial charge in [-0.25, -0.2) is 4.39 Å². The van der Waals surface area contributed by atoms with Gasteiger partial charge in [-0.05, 0) is 17.7 Å². The fraction of sp³-hybridized carbons (Fsp3) is 0.450. The number of nitrogens with zero attached hydrogens (tertiary/aromatic N) is 5. The van der Waals surface area contributed by atoms with Gasteiger partial charge in [0.2, 0.25) is 5.91 Å². The van der Waals surface area contributed by atoms with Gasteiger partial charge in [-0.15, -0.1) is 5.10 Å². The molecule has 0 atom stereocenters. The number of amides is 1. The highest BCUT2D eigenvalue weighted by Crippen LogP contribution is 2.21. The van der Waals surface area contributed by atoms with Crippen LogP contribution in [0.2, 0.25) is 0 Å². The van der Waals surface area contributed by atoms with Gasteiger partial charge in [0.15, 0.2) is 5.82 Å². The summed E-state index contributed by atoms with van der Waals surface area (Å²) in [6.45, 7) is 5.90. The average Bonchev–Trinajstić information content (AvgIpc) is 2.76. The van der Waals surface area contributed by atoms with Crippen molar-refractivity contribution in [2.45, 2.75) is 6.42 Å². The number of piperazine rings is 1. The quantitative estimate of drug-likeness (QED) is 0.792. The van der Waals surface area contributed by atoms with E-state index < -0.39 is 0 Å². The van der Waals surface area contributed by atoms with Crippen molar-refractivity contribution in [3.05, 3.63) is 47.9 Å². The molecule has 8 heteroatoms. The van der Waals surface area contributed by atoms with Gasteiger partial charge in [-0.3, -0.25) is 4.79 Å². The number of halogens is 1. The maximum absolute atomic E-state index is 13.0. The van der Waals surface area contributed by atoms with Gasteiger partial charge in [-0.2, -0.15) is 5.10 Å². The molecule has 0 spiro atoms. The molecule has 7 nitrogen and oxygen atoms in total. The Labute approximate surface area is 163 Å². The monoisotopic (exact) mass is 385 g/mol. The van der Waals surface area contributed by atoms with Crippen LogP contribution in [0.4, 0.5) is 15.9 Å². The summed E-state index contributed by atoms with van der Waals surface area (Å²) < 4.78 is 18.4. The first-order chi connectivity index (χ1) is 13.7. The predicted molar refractivity (Wildman–Crippen MR) is 104 cm³/mol. The van der Waals surface area contributed by atoms with Crippen molar-refractivity contribution in [1.82, 2.24) is 15.1 Å². The van der Waals surface area contributed by atoms with Crippen LogP contribution < -0.4 is 9.80 Å². The number of aromatic nitrogens is 2. The molecule has 0 saturated carbocycles. The minimum atomic E-state index is -0.287. The molecule has 2 aromatic rings. The zero-order valence-electron chi connectivity index (χ0n) is 15.8. The van der Waals surface area contributed by atoms with Crippen LogP contribution in [0.1, 0.15) is 5.56 Å². The summed E-state index contributed by atoms with van der Waals surface area (Å²) in [4.78, 5) is 18.8. The van der Waals surface area contributed by atoms with Gasteiger partial charge < -0.3 is 19.4 Å². The smallest absolute Gasteiger partial charge is 0.227 e. The van der Waals surface area contributed by atoms with E-state index in [2.05, 4.69) is 26.1 Å². The zero-order chi connectivity index (χ0) is 19.3. The highest BCUT2D eigenvalue weighted by molar-refractivity contribution is 5.79. The molecular formula is C20H24FN5O2. The third kappa shape index (κ3) is 4.39. The van der Waals surface area contributed by atoms with Crippen LogP contribution in [0, 0.1) is 5.82 Å². The first-order valence-corrected chi connectivity index (χ1v) is 9.61. The molecule has 0 bridgehead atoms. The number of morpholine rings is 1. The van der Waals surface area contributed by atoms with E-state index in [9.17, 15) is 9.18 Å². The Hall–Kier alpha value is -2.74. The Morgan fingerprint density at radius 3 is 2.43 bits per heavy atom. The van der Waals surface area contributed by atoms with Crippen molar-refractivity contribution >= 4 is 17.4 Å². The first kappa shape index (κ1) is 18.6. The zero-order valence-corrected chi connectivity index (χ0v) is 15.8. The highest BCUT2D eigenvalue weighted by Gasteiger charge is 2.23. The number of benzene rings is 1. The van der Waals surface area contributed by atoms with Gasteiger partial charge in [0.05, 0.1) is 31.5 Å². The lowest BCUT2D eigenvalue weighted by atomic mass is 10.1. The molecule has 1 aromatic heterocycles. The van der Waals surface area contributed by atoms with Crippen LogP contribution in [0.3, 0.4) is 0 Å². The Bertz CT molecular complexity index is 802. The molecule has 2 aliphatic rings. The molecule has 1 aromatic carbocycles. The second-order valence-corrected chi connectivity index (χ2v) is 7.04. The molecule has 3 heterocycles. The van der Waals surface area contributed by atoms with Crippen LogP contribution in [0.5, 0.6) is 0 Å². The Kier molecular flexibility index (Phi) is 5.66. The van der Waals surface area contributed by atoms with Crippen LogP contribution in [-0.4, -0.2) is 73.5 Å².